The molecule has 1 aliphatic carbocycles. The zero-order chi connectivity index (χ0) is 12.8. The molecule has 4 aliphatic rings. The Hall–Kier alpha value is -0.610. The summed E-state index contributed by atoms with van der Waals surface area (Å²) in [5.41, 5.74) is 0. The Bertz CT molecular complexity index is 372. The minimum Gasteiger partial charge on any atom is -0.376 e. The molecule has 1 amide bonds. The van der Waals surface area contributed by atoms with Crippen molar-refractivity contribution in [2.45, 2.75) is 69.3 Å². The van der Waals surface area contributed by atoms with Gasteiger partial charge in [-0.05, 0) is 44.9 Å². The molecule has 4 fully saturated rings. The van der Waals surface area contributed by atoms with E-state index in [2.05, 4.69) is 4.90 Å². The molecule has 0 spiro atoms. The summed E-state index contributed by atoms with van der Waals surface area (Å²) >= 11 is 0. The highest BCUT2D eigenvalue weighted by Gasteiger charge is 2.48. The van der Waals surface area contributed by atoms with Crippen LogP contribution < -0.4 is 0 Å². The molecular formula is C15H23NO3. The highest BCUT2D eigenvalue weighted by atomic mass is 16.5. The van der Waals surface area contributed by atoms with Crippen LogP contribution in [0, 0.1) is 5.92 Å². The summed E-state index contributed by atoms with van der Waals surface area (Å²) in [6.45, 7) is 1.70. The molecule has 3 aliphatic heterocycles. The maximum Gasteiger partial charge on any atom is 0.228 e. The van der Waals surface area contributed by atoms with Crippen LogP contribution in [0.15, 0.2) is 0 Å². The second-order valence-corrected chi connectivity index (χ2v) is 6.51. The molecule has 4 nitrogen and oxygen atoms in total. The van der Waals surface area contributed by atoms with Crippen molar-refractivity contribution in [3.63, 3.8) is 0 Å². The molecule has 1 saturated carbocycles. The van der Waals surface area contributed by atoms with Gasteiger partial charge in [-0.3, -0.25) is 4.79 Å². The average Bonchev–Trinajstić information content (AvgIpc) is 3.12. The lowest BCUT2D eigenvalue weighted by molar-refractivity contribution is -0.140. The third-order valence-electron chi connectivity index (χ3n) is 5.40. The van der Waals surface area contributed by atoms with Crippen LogP contribution in [0.25, 0.3) is 0 Å². The zero-order valence-electron chi connectivity index (χ0n) is 11.4. The second kappa shape index (κ2) is 4.74. The van der Waals surface area contributed by atoms with Crippen molar-refractivity contribution >= 4 is 5.91 Å². The van der Waals surface area contributed by atoms with Gasteiger partial charge in [-0.1, -0.05) is 0 Å². The molecule has 0 aromatic heterocycles. The standard InChI is InChI=1S/C15H23NO3/c17-15(11-9-10-5-6-13(11)19-10)16-7-2-8-18-14-4-1-3-12(14)16/h10-14H,1-9H2/t10-,11-,12+,13-,14-/m1/s1. The van der Waals surface area contributed by atoms with Crippen molar-refractivity contribution in [1.82, 2.24) is 4.90 Å². The van der Waals surface area contributed by atoms with Crippen LogP contribution in [0.1, 0.15) is 44.9 Å². The quantitative estimate of drug-likeness (QED) is 0.724. The number of rotatable bonds is 1. The Morgan fingerprint density at radius 3 is 2.79 bits per heavy atom. The largest absolute Gasteiger partial charge is 0.376 e. The van der Waals surface area contributed by atoms with E-state index in [9.17, 15) is 4.79 Å². The molecule has 3 saturated heterocycles. The molecule has 106 valence electrons. The monoisotopic (exact) mass is 265 g/mol. The molecule has 0 aromatic carbocycles. The van der Waals surface area contributed by atoms with Crippen molar-refractivity contribution < 1.29 is 14.3 Å². The van der Waals surface area contributed by atoms with Crippen molar-refractivity contribution in [3.8, 4) is 0 Å². The van der Waals surface area contributed by atoms with Crippen LogP contribution in [0.3, 0.4) is 0 Å². The van der Waals surface area contributed by atoms with Gasteiger partial charge in [0.15, 0.2) is 0 Å². The third kappa shape index (κ3) is 2.00. The van der Waals surface area contributed by atoms with Gasteiger partial charge >= 0.3 is 0 Å². The van der Waals surface area contributed by atoms with Gasteiger partial charge in [-0.2, -0.15) is 0 Å². The molecule has 4 heteroatoms. The van der Waals surface area contributed by atoms with Crippen LogP contribution in [-0.4, -0.2) is 48.3 Å². The first-order chi connectivity index (χ1) is 9.33. The number of hydrogen-bond acceptors (Lipinski definition) is 3. The number of fused-ring (bicyclic) bond motifs is 3. The Kier molecular flexibility index (Phi) is 3.03. The number of hydrogen-bond donors (Lipinski definition) is 0. The van der Waals surface area contributed by atoms with E-state index in [1.54, 1.807) is 0 Å². The first-order valence-electron chi connectivity index (χ1n) is 7.90. The minimum absolute atomic E-state index is 0.137. The van der Waals surface area contributed by atoms with E-state index in [1.807, 2.05) is 0 Å². The van der Waals surface area contributed by atoms with Crippen LogP contribution >= 0.6 is 0 Å². The van der Waals surface area contributed by atoms with E-state index in [-0.39, 0.29) is 12.0 Å². The average molecular weight is 265 g/mol. The summed E-state index contributed by atoms with van der Waals surface area (Å²) in [5.74, 6) is 0.493. The van der Waals surface area contributed by atoms with Gasteiger partial charge in [0.1, 0.15) is 0 Å². The first-order valence-corrected chi connectivity index (χ1v) is 7.90. The van der Waals surface area contributed by atoms with E-state index in [0.29, 0.717) is 24.2 Å². The molecule has 19 heavy (non-hydrogen) atoms. The van der Waals surface area contributed by atoms with Crippen LogP contribution in [-0.2, 0) is 14.3 Å². The van der Waals surface area contributed by atoms with Gasteiger partial charge in [0.2, 0.25) is 5.91 Å². The molecule has 0 unspecified atom stereocenters. The SMILES string of the molecule is O=C([C@@H]1C[C@H]2CC[C@H]1O2)N1CCCO[C@@H]2CCC[C@@H]21. The highest BCUT2D eigenvalue weighted by molar-refractivity contribution is 5.80. The Balaban J connectivity index is 1.51. The van der Waals surface area contributed by atoms with E-state index >= 15 is 0 Å². The molecule has 3 heterocycles. The predicted molar refractivity (Wildman–Crippen MR) is 69.7 cm³/mol. The van der Waals surface area contributed by atoms with Crippen LogP contribution in [0.2, 0.25) is 0 Å². The van der Waals surface area contributed by atoms with Gasteiger partial charge < -0.3 is 14.4 Å². The topological polar surface area (TPSA) is 38.8 Å². The third-order valence-corrected chi connectivity index (χ3v) is 5.40. The van der Waals surface area contributed by atoms with Gasteiger partial charge in [0.25, 0.3) is 0 Å². The summed E-state index contributed by atoms with van der Waals surface area (Å²) in [5, 5.41) is 0. The minimum atomic E-state index is 0.137. The van der Waals surface area contributed by atoms with Crippen molar-refractivity contribution in [1.29, 1.82) is 0 Å². The predicted octanol–water partition coefficient (Wildman–Crippen LogP) is 1.72. The Morgan fingerprint density at radius 1 is 1.05 bits per heavy atom. The van der Waals surface area contributed by atoms with Gasteiger partial charge in [0, 0.05) is 13.2 Å². The van der Waals surface area contributed by atoms with Gasteiger partial charge in [-0.25, -0.2) is 0 Å². The van der Waals surface area contributed by atoms with Crippen molar-refractivity contribution in [2.75, 3.05) is 13.2 Å². The first kappa shape index (κ1) is 12.2. The fourth-order valence-corrected chi connectivity index (χ4v) is 4.48. The van der Waals surface area contributed by atoms with E-state index < -0.39 is 0 Å². The van der Waals surface area contributed by atoms with Crippen LogP contribution in [0.4, 0.5) is 0 Å². The molecule has 2 bridgehead atoms. The molecule has 0 aromatic rings. The van der Waals surface area contributed by atoms with E-state index in [0.717, 1.165) is 51.7 Å². The van der Waals surface area contributed by atoms with Crippen LogP contribution in [0.5, 0.6) is 0 Å². The molecule has 0 radical (unpaired) electrons. The summed E-state index contributed by atoms with van der Waals surface area (Å²) < 4.78 is 11.8. The summed E-state index contributed by atoms with van der Waals surface area (Å²) in [6, 6.07) is 0.342. The highest BCUT2D eigenvalue weighted by Crippen LogP contribution is 2.41. The lowest BCUT2D eigenvalue weighted by Crippen LogP contribution is -2.48. The number of nitrogens with zero attached hydrogens (tertiary/aromatic N) is 1. The summed E-state index contributed by atoms with van der Waals surface area (Å²) in [7, 11) is 0. The fraction of sp³-hybridized carbons (Fsp3) is 0.933. The number of carbonyl (C=O) groups excluding carboxylic acids is 1. The molecular weight excluding hydrogens is 242 g/mol. The molecule has 4 rings (SSSR count). The van der Waals surface area contributed by atoms with E-state index in [1.165, 1.54) is 6.42 Å². The molecule has 0 N–H and O–H groups in total. The van der Waals surface area contributed by atoms with Crippen molar-refractivity contribution in [2.24, 2.45) is 5.92 Å². The lowest BCUT2D eigenvalue weighted by atomic mass is 9.87. The summed E-state index contributed by atoms with van der Waals surface area (Å²) in [6.07, 6.45) is 8.50. The number of carbonyl (C=O) groups is 1. The second-order valence-electron chi connectivity index (χ2n) is 6.51. The Labute approximate surface area is 114 Å². The smallest absolute Gasteiger partial charge is 0.228 e. The number of amides is 1. The maximum absolute atomic E-state index is 12.9. The molecule has 5 atom stereocenters. The Morgan fingerprint density at radius 2 is 2.00 bits per heavy atom. The lowest BCUT2D eigenvalue weighted by Gasteiger charge is -2.33. The zero-order valence-corrected chi connectivity index (χ0v) is 11.4. The van der Waals surface area contributed by atoms with Crippen molar-refractivity contribution in [3.05, 3.63) is 0 Å². The van der Waals surface area contributed by atoms with Gasteiger partial charge in [-0.15, -0.1) is 0 Å². The fourth-order valence-electron chi connectivity index (χ4n) is 4.48. The van der Waals surface area contributed by atoms with Gasteiger partial charge in [0.05, 0.1) is 30.3 Å². The normalized spacial score (nSPS) is 45.3. The number of ether oxygens (including phenoxy) is 2. The van der Waals surface area contributed by atoms with E-state index in [4.69, 9.17) is 9.47 Å². The maximum atomic E-state index is 12.9. The summed E-state index contributed by atoms with van der Waals surface area (Å²) in [4.78, 5) is 15.0.